The molecule has 0 spiro atoms. The van der Waals surface area contributed by atoms with Crippen LogP contribution in [0.25, 0.3) is 0 Å². The van der Waals surface area contributed by atoms with Gasteiger partial charge in [0.15, 0.2) is 11.6 Å². The molecule has 1 aromatic rings. The van der Waals surface area contributed by atoms with Crippen LogP contribution in [0.1, 0.15) is 89.5 Å². The van der Waals surface area contributed by atoms with Crippen LogP contribution in [-0.4, -0.2) is 0 Å². The first-order chi connectivity index (χ1) is 12.6. The lowest BCUT2D eigenvalue weighted by molar-refractivity contribution is 0.212. The van der Waals surface area contributed by atoms with Crippen molar-refractivity contribution in [1.82, 2.24) is 0 Å². The van der Waals surface area contributed by atoms with Crippen molar-refractivity contribution in [2.45, 2.75) is 90.4 Å². The molecule has 2 aliphatic carbocycles. The molecule has 146 valence electrons. The maximum absolute atomic E-state index is 13.3. The fraction of sp³-hybridized carbons (Fsp3) is 0.750. The zero-order chi connectivity index (χ0) is 18.4. The van der Waals surface area contributed by atoms with E-state index in [-0.39, 0.29) is 0 Å². The Bertz CT molecular complexity index is 537. The number of rotatable bonds is 7. The number of hydrogen-bond donors (Lipinski definition) is 0. The van der Waals surface area contributed by atoms with Gasteiger partial charge in [-0.15, -0.1) is 0 Å². The Hall–Kier alpha value is -0.920. The van der Waals surface area contributed by atoms with Crippen molar-refractivity contribution in [3.8, 4) is 0 Å². The van der Waals surface area contributed by atoms with E-state index in [1.165, 1.54) is 82.8 Å². The van der Waals surface area contributed by atoms with Gasteiger partial charge in [0.1, 0.15) is 0 Å². The molecule has 0 aromatic heterocycles. The molecule has 1 aromatic carbocycles. The Balaban J connectivity index is 1.31. The highest BCUT2D eigenvalue weighted by molar-refractivity contribution is 5.17. The summed E-state index contributed by atoms with van der Waals surface area (Å²) in [5, 5.41) is 0. The maximum Gasteiger partial charge on any atom is 0.159 e. The van der Waals surface area contributed by atoms with Crippen LogP contribution < -0.4 is 0 Å². The molecule has 0 unspecified atom stereocenters. The highest BCUT2D eigenvalue weighted by Gasteiger charge is 2.24. The molecule has 3 rings (SSSR count). The van der Waals surface area contributed by atoms with E-state index in [2.05, 4.69) is 6.92 Å². The van der Waals surface area contributed by atoms with E-state index in [1.54, 1.807) is 6.07 Å². The molecule has 0 bridgehead atoms. The molecular weight excluding hydrogens is 326 g/mol. The molecular formula is C24H36F2. The zero-order valence-corrected chi connectivity index (χ0v) is 16.5. The zero-order valence-electron chi connectivity index (χ0n) is 16.5. The lowest BCUT2D eigenvalue weighted by Crippen LogP contribution is -2.18. The quantitative estimate of drug-likeness (QED) is 0.466. The van der Waals surface area contributed by atoms with Gasteiger partial charge in [-0.1, -0.05) is 83.6 Å². The molecule has 2 saturated carbocycles. The van der Waals surface area contributed by atoms with Gasteiger partial charge in [-0.2, -0.15) is 0 Å². The summed E-state index contributed by atoms with van der Waals surface area (Å²) >= 11 is 0. The number of aryl methyl sites for hydroxylation is 1. The maximum atomic E-state index is 13.3. The summed E-state index contributed by atoms with van der Waals surface area (Å²) in [6.07, 6.45) is 17.6. The van der Waals surface area contributed by atoms with Gasteiger partial charge >= 0.3 is 0 Å². The lowest BCUT2D eigenvalue weighted by atomic mass is 9.74. The third-order valence-corrected chi connectivity index (χ3v) is 7.32. The molecule has 2 aliphatic rings. The Morgan fingerprint density at radius 2 is 1.19 bits per heavy atom. The molecule has 0 N–H and O–H groups in total. The second-order valence-electron chi connectivity index (χ2n) is 9.05. The number of benzene rings is 1. The van der Waals surface area contributed by atoms with Gasteiger partial charge in [0.05, 0.1) is 0 Å². The molecule has 0 saturated heterocycles. The van der Waals surface area contributed by atoms with E-state index in [4.69, 9.17) is 0 Å². The first-order valence-electron chi connectivity index (χ1n) is 11.1. The topological polar surface area (TPSA) is 0 Å². The molecule has 0 nitrogen and oxygen atoms in total. The van der Waals surface area contributed by atoms with E-state index in [0.717, 1.165) is 42.1 Å². The van der Waals surface area contributed by atoms with Gasteiger partial charge < -0.3 is 0 Å². The molecule has 2 fully saturated rings. The standard InChI is InChI=1S/C24H36F2/c1-2-18-3-5-19(6-4-18)7-8-20-9-11-21(12-10-20)13-14-22-15-16-23(25)24(26)17-22/h15-21H,2-14H2,1H3. The van der Waals surface area contributed by atoms with Gasteiger partial charge in [0, 0.05) is 0 Å². The molecule has 0 atom stereocenters. The van der Waals surface area contributed by atoms with Crippen LogP contribution in [0.2, 0.25) is 0 Å². The average molecular weight is 363 g/mol. The highest BCUT2D eigenvalue weighted by atomic mass is 19.2. The minimum Gasteiger partial charge on any atom is -0.204 e. The lowest BCUT2D eigenvalue weighted by Gasteiger charge is -2.32. The van der Waals surface area contributed by atoms with E-state index < -0.39 is 11.6 Å². The minimum absolute atomic E-state index is 0.709. The fourth-order valence-electron chi connectivity index (χ4n) is 5.27. The number of halogens is 2. The fourth-order valence-corrected chi connectivity index (χ4v) is 5.27. The predicted molar refractivity (Wildman–Crippen MR) is 105 cm³/mol. The van der Waals surface area contributed by atoms with Crippen LogP contribution in [0.3, 0.4) is 0 Å². The summed E-state index contributed by atoms with van der Waals surface area (Å²) < 4.78 is 26.3. The van der Waals surface area contributed by atoms with Gasteiger partial charge in [0.2, 0.25) is 0 Å². The van der Waals surface area contributed by atoms with E-state index >= 15 is 0 Å². The summed E-state index contributed by atoms with van der Waals surface area (Å²) in [5.41, 5.74) is 0.939. The van der Waals surface area contributed by atoms with Crippen LogP contribution in [-0.2, 0) is 6.42 Å². The summed E-state index contributed by atoms with van der Waals surface area (Å²) in [6.45, 7) is 2.34. The summed E-state index contributed by atoms with van der Waals surface area (Å²) in [6, 6.07) is 4.36. The first-order valence-corrected chi connectivity index (χ1v) is 11.1. The van der Waals surface area contributed by atoms with Crippen molar-refractivity contribution in [1.29, 1.82) is 0 Å². The van der Waals surface area contributed by atoms with Crippen molar-refractivity contribution in [3.05, 3.63) is 35.4 Å². The third-order valence-electron chi connectivity index (χ3n) is 7.32. The van der Waals surface area contributed by atoms with Crippen LogP contribution in [0.4, 0.5) is 8.78 Å². The first kappa shape index (κ1) is 19.8. The molecule has 0 radical (unpaired) electrons. The second kappa shape index (κ2) is 9.85. The smallest absolute Gasteiger partial charge is 0.159 e. The number of hydrogen-bond acceptors (Lipinski definition) is 0. The Labute approximate surface area is 158 Å². The van der Waals surface area contributed by atoms with E-state index in [9.17, 15) is 8.78 Å². The monoisotopic (exact) mass is 362 g/mol. The molecule has 0 heterocycles. The predicted octanol–water partition coefficient (Wildman–Crippen LogP) is 7.70. The largest absolute Gasteiger partial charge is 0.204 e. The van der Waals surface area contributed by atoms with Crippen molar-refractivity contribution in [3.63, 3.8) is 0 Å². The molecule has 2 heteroatoms. The van der Waals surface area contributed by atoms with Crippen molar-refractivity contribution in [2.75, 3.05) is 0 Å². The van der Waals surface area contributed by atoms with E-state index in [1.807, 2.05) is 0 Å². The normalized spacial score (nSPS) is 29.7. The van der Waals surface area contributed by atoms with Crippen molar-refractivity contribution >= 4 is 0 Å². The van der Waals surface area contributed by atoms with Crippen LogP contribution in [0.5, 0.6) is 0 Å². The second-order valence-corrected chi connectivity index (χ2v) is 9.05. The van der Waals surface area contributed by atoms with Gasteiger partial charge in [-0.05, 0) is 54.2 Å². The van der Waals surface area contributed by atoms with Crippen molar-refractivity contribution < 1.29 is 8.78 Å². The molecule has 0 aliphatic heterocycles. The van der Waals surface area contributed by atoms with E-state index in [0.29, 0.717) is 0 Å². The summed E-state index contributed by atoms with van der Waals surface area (Å²) in [5.74, 6) is 2.29. The van der Waals surface area contributed by atoms with Gasteiger partial charge in [-0.25, -0.2) is 8.78 Å². The summed E-state index contributed by atoms with van der Waals surface area (Å²) in [7, 11) is 0. The van der Waals surface area contributed by atoms with Crippen LogP contribution in [0.15, 0.2) is 18.2 Å². The van der Waals surface area contributed by atoms with Gasteiger partial charge in [-0.3, -0.25) is 0 Å². The highest BCUT2D eigenvalue weighted by Crippen LogP contribution is 2.38. The molecule has 26 heavy (non-hydrogen) atoms. The average Bonchev–Trinajstić information content (AvgIpc) is 2.68. The van der Waals surface area contributed by atoms with Crippen molar-refractivity contribution in [2.24, 2.45) is 23.7 Å². The summed E-state index contributed by atoms with van der Waals surface area (Å²) in [4.78, 5) is 0. The Kier molecular flexibility index (Phi) is 7.52. The minimum atomic E-state index is -0.738. The SMILES string of the molecule is CCC1CCC(CCC2CCC(CCc3ccc(F)c(F)c3)CC2)CC1. The van der Waals surface area contributed by atoms with Crippen LogP contribution >= 0.6 is 0 Å². The van der Waals surface area contributed by atoms with Crippen LogP contribution in [0, 0.1) is 35.3 Å². The third kappa shape index (κ3) is 5.79. The van der Waals surface area contributed by atoms with Gasteiger partial charge in [0.25, 0.3) is 0 Å². The Morgan fingerprint density at radius 1 is 0.692 bits per heavy atom. The molecule has 0 amide bonds. The Morgan fingerprint density at radius 3 is 1.69 bits per heavy atom.